The molecule has 1 heterocycles. The van der Waals surface area contributed by atoms with Gasteiger partial charge < -0.3 is 11.1 Å². The molecule has 3 N–H and O–H groups in total. The lowest BCUT2D eigenvalue weighted by Gasteiger charge is -2.30. The topological polar surface area (TPSA) is 68.0 Å². The second-order valence-electron chi connectivity index (χ2n) is 5.40. The number of rotatable bonds is 4. The standard InChI is InChI=1S/C15H23N3O/c1-11(13-6-4-8-17-10-13)18-15(19)14-7-3-2-5-12(14)9-16/h4,6,8,10-12,14H,2-3,5,7,9,16H2,1H3,(H,18,19)/t11-,12?,14?/m1/s1. The highest BCUT2D eigenvalue weighted by Crippen LogP contribution is 2.30. The van der Waals surface area contributed by atoms with Crippen LogP contribution < -0.4 is 11.1 Å². The summed E-state index contributed by atoms with van der Waals surface area (Å²) < 4.78 is 0. The molecular formula is C15H23N3O. The number of amides is 1. The van der Waals surface area contributed by atoms with Gasteiger partial charge in [-0.05, 0) is 43.9 Å². The summed E-state index contributed by atoms with van der Waals surface area (Å²) in [7, 11) is 0. The predicted molar refractivity (Wildman–Crippen MR) is 75.3 cm³/mol. The first-order valence-electron chi connectivity index (χ1n) is 7.12. The minimum atomic E-state index is 0.00144. The molecule has 19 heavy (non-hydrogen) atoms. The normalized spacial score (nSPS) is 24.7. The number of nitrogens with one attached hydrogen (secondary N) is 1. The van der Waals surface area contributed by atoms with Crippen molar-refractivity contribution in [1.29, 1.82) is 0 Å². The van der Waals surface area contributed by atoms with Gasteiger partial charge in [0.15, 0.2) is 0 Å². The highest BCUT2D eigenvalue weighted by Gasteiger charge is 2.30. The summed E-state index contributed by atoms with van der Waals surface area (Å²) >= 11 is 0. The lowest BCUT2D eigenvalue weighted by molar-refractivity contribution is -0.128. The van der Waals surface area contributed by atoms with Gasteiger partial charge in [-0.15, -0.1) is 0 Å². The Labute approximate surface area is 114 Å². The molecule has 2 unspecified atom stereocenters. The maximum Gasteiger partial charge on any atom is 0.223 e. The van der Waals surface area contributed by atoms with Crippen LogP contribution in [0.25, 0.3) is 0 Å². The minimum absolute atomic E-state index is 0.00144. The van der Waals surface area contributed by atoms with Crippen LogP contribution in [0.2, 0.25) is 0 Å². The van der Waals surface area contributed by atoms with Gasteiger partial charge in [0, 0.05) is 18.3 Å². The summed E-state index contributed by atoms with van der Waals surface area (Å²) in [5.41, 5.74) is 6.82. The Morgan fingerprint density at radius 1 is 1.53 bits per heavy atom. The lowest BCUT2D eigenvalue weighted by Crippen LogP contribution is -2.40. The summed E-state index contributed by atoms with van der Waals surface area (Å²) in [6.07, 6.45) is 7.92. The van der Waals surface area contributed by atoms with Gasteiger partial charge in [0.2, 0.25) is 5.91 Å². The van der Waals surface area contributed by atoms with Crippen LogP contribution in [-0.4, -0.2) is 17.4 Å². The Balaban J connectivity index is 1.96. The zero-order valence-corrected chi connectivity index (χ0v) is 11.5. The molecule has 1 aromatic heterocycles. The first-order chi connectivity index (χ1) is 9.22. The zero-order valence-electron chi connectivity index (χ0n) is 11.5. The second-order valence-corrected chi connectivity index (χ2v) is 5.40. The summed E-state index contributed by atoms with van der Waals surface area (Å²) in [6, 6.07) is 3.88. The van der Waals surface area contributed by atoms with E-state index >= 15 is 0 Å². The third-order valence-electron chi connectivity index (χ3n) is 4.09. The van der Waals surface area contributed by atoms with E-state index in [1.54, 1.807) is 12.4 Å². The first kappa shape index (κ1) is 14.0. The number of carbonyl (C=O) groups is 1. The molecule has 0 radical (unpaired) electrons. The van der Waals surface area contributed by atoms with Crippen LogP contribution in [0.15, 0.2) is 24.5 Å². The number of aromatic nitrogens is 1. The van der Waals surface area contributed by atoms with Gasteiger partial charge in [-0.3, -0.25) is 9.78 Å². The van der Waals surface area contributed by atoms with Crippen LogP contribution in [0.5, 0.6) is 0 Å². The maximum atomic E-state index is 12.4. The van der Waals surface area contributed by atoms with Gasteiger partial charge in [0.05, 0.1) is 6.04 Å². The van der Waals surface area contributed by atoms with Gasteiger partial charge >= 0.3 is 0 Å². The molecule has 3 atom stereocenters. The fourth-order valence-corrected chi connectivity index (χ4v) is 2.87. The summed E-state index contributed by atoms with van der Waals surface area (Å²) in [4.78, 5) is 16.4. The molecule has 1 aliphatic rings. The van der Waals surface area contributed by atoms with Crippen LogP contribution >= 0.6 is 0 Å². The highest BCUT2D eigenvalue weighted by atomic mass is 16.1. The van der Waals surface area contributed by atoms with Gasteiger partial charge in [-0.25, -0.2) is 0 Å². The van der Waals surface area contributed by atoms with E-state index in [4.69, 9.17) is 5.73 Å². The van der Waals surface area contributed by atoms with Crippen molar-refractivity contribution in [3.8, 4) is 0 Å². The van der Waals surface area contributed by atoms with Crippen LogP contribution in [-0.2, 0) is 4.79 Å². The number of nitrogens with two attached hydrogens (primary N) is 1. The molecule has 1 aromatic rings. The second kappa shape index (κ2) is 6.66. The maximum absolute atomic E-state index is 12.4. The van der Waals surface area contributed by atoms with Crippen molar-refractivity contribution in [3.05, 3.63) is 30.1 Å². The van der Waals surface area contributed by atoms with E-state index in [1.165, 1.54) is 6.42 Å². The Kier molecular flexibility index (Phi) is 4.91. The van der Waals surface area contributed by atoms with Crippen molar-refractivity contribution >= 4 is 5.91 Å². The predicted octanol–water partition coefficient (Wildman–Crippen LogP) is 2.02. The molecule has 0 bridgehead atoms. The molecule has 0 spiro atoms. The van der Waals surface area contributed by atoms with Gasteiger partial charge in [0.25, 0.3) is 0 Å². The molecule has 104 valence electrons. The average Bonchev–Trinajstić information content (AvgIpc) is 2.48. The average molecular weight is 261 g/mol. The number of carbonyl (C=O) groups excluding carboxylic acids is 1. The third kappa shape index (κ3) is 3.53. The molecule has 1 saturated carbocycles. The SMILES string of the molecule is C[C@@H](NC(=O)C1CCCCC1CN)c1cccnc1. The van der Waals surface area contributed by atoms with E-state index in [0.29, 0.717) is 12.5 Å². The van der Waals surface area contributed by atoms with Crippen LogP contribution in [0.4, 0.5) is 0 Å². The van der Waals surface area contributed by atoms with Crippen molar-refractivity contribution < 1.29 is 4.79 Å². The van der Waals surface area contributed by atoms with Crippen molar-refractivity contribution in [2.45, 2.75) is 38.6 Å². The fraction of sp³-hybridized carbons (Fsp3) is 0.600. The summed E-state index contributed by atoms with van der Waals surface area (Å²) in [5.74, 6) is 0.569. The number of pyridine rings is 1. The van der Waals surface area contributed by atoms with Crippen molar-refractivity contribution in [1.82, 2.24) is 10.3 Å². The monoisotopic (exact) mass is 261 g/mol. The van der Waals surface area contributed by atoms with Gasteiger partial charge in [-0.1, -0.05) is 18.9 Å². The number of hydrogen-bond acceptors (Lipinski definition) is 3. The molecule has 4 nitrogen and oxygen atoms in total. The van der Waals surface area contributed by atoms with E-state index in [0.717, 1.165) is 24.8 Å². The smallest absolute Gasteiger partial charge is 0.223 e. The molecular weight excluding hydrogens is 238 g/mol. The molecule has 0 aromatic carbocycles. The Morgan fingerprint density at radius 3 is 3.00 bits per heavy atom. The van der Waals surface area contributed by atoms with E-state index in [9.17, 15) is 4.79 Å². The molecule has 1 aliphatic carbocycles. The largest absolute Gasteiger partial charge is 0.349 e. The van der Waals surface area contributed by atoms with Gasteiger partial charge in [-0.2, -0.15) is 0 Å². The summed E-state index contributed by atoms with van der Waals surface area (Å²) in [5, 5.41) is 3.10. The number of hydrogen-bond donors (Lipinski definition) is 2. The van der Waals surface area contributed by atoms with Crippen LogP contribution in [0.3, 0.4) is 0 Å². The quantitative estimate of drug-likeness (QED) is 0.871. The summed E-state index contributed by atoms with van der Waals surface area (Å²) in [6.45, 7) is 2.61. The molecule has 0 aliphatic heterocycles. The Hall–Kier alpha value is -1.42. The van der Waals surface area contributed by atoms with Crippen molar-refractivity contribution in [2.24, 2.45) is 17.6 Å². The Morgan fingerprint density at radius 2 is 2.32 bits per heavy atom. The van der Waals surface area contributed by atoms with E-state index in [-0.39, 0.29) is 17.9 Å². The highest BCUT2D eigenvalue weighted by molar-refractivity contribution is 5.79. The third-order valence-corrected chi connectivity index (χ3v) is 4.09. The fourth-order valence-electron chi connectivity index (χ4n) is 2.87. The van der Waals surface area contributed by atoms with Crippen molar-refractivity contribution in [3.63, 3.8) is 0 Å². The molecule has 4 heteroatoms. The van der Waals surface area contributed by atoms with Crippen LogP contribution in [0, 0.1) is 11.8 Å². The van der Waals surface area contributed by atoms with Gasteiger partial charge in [0.1, 0.15) is 0 Å². The molecule has 1 fully saturated rings. The van der Waals surface area contributed by atoms with E-state index < -0.39 is 0 Å². The minimum Gasteiger partial charge on any atom is -0.349 e. The lowest BCUT2D eigenvalue weighted by atomic mass is 9.78. The first-order valence-corrected chi connectivity index (χ1v) is 7.12. The Bertz CT molecular complexity index is 407. The molecule has 2 rings (SSSR count). The molecule has 1 amide bonds. The molecule has 0 saturated heterocycles. The van der Waals surface area contributed by atoms with Crippen molar-refractivity contribution in [2.75, 3.05) is 6.54 Å². The van der Waals surface area contributed by atoms with E-state index in [1.807, 2.05) is 19.1 Å². The van der Waals surface area contributed by atoms with Crippen LogP contribution in [0.1, 0.15) is 44.2 Å². The zero-order chi connectivity index (χ0) is 13.7. The number of nitrogens with zero attached hydrogens (tertiary/aromatic N) is 1. The van der Waals surface area contributed by atoms with E-state index in [2.05, 4.69) is 10.3 Å².